The molecule has 0 aromatic heterocycles. The van der Waals surface area contributed by atoms with Gasteiger partial charge in [-0.25, -0.2) is 0 Å². The van der Waals surface area contributed by atoms with Crippen LogP contribution in [0.4, 0.5) is 5.69 Å². The highest BCUT2D eigenvalue weighted by Crippen LogP contribution is 2.13. The number of nitrogens with zero attached hydrogens (tertiary/aromatic N) is 1. The van der Waals surface area contributed by atoms with E-state index in [0.717, 1.165) is 11.1 Å². The van der Waals surface area contributed by atoms with Crippen LogP contribution in [0.15, 0.2) is 48.5 Å². The molecule has 4 nitrogen and oxygen atoms in total. The van der Waals surface area contributed by atoms with E-state index in [2.05, 4.69) is 0 Å². The maximum absolute atomic E-state index is 10.5. The van der Waals surface area contributed by atoms with Crippen LogP contribution in [0, 0.1) is 10.1 Å². The van der Waals surface area contributed by atoms with Gasteiger partial charge < -0.3 is 5.73 Å². The van der Waals surface area contributed by atoms with Gasteiger partial charge in [-0.1, -0.05) is 42.5 Å². The smallest absolute Gasteiger partial charge is 0.228 e. The Morgan fingerprint density at radius 2 is 1.68 bits per heavy atom. The zero-order valence-electron chi connectivity index (χ0n) is 10.3. The summed E-state index contributed by atoms with van der Waals surface area (Å²) in [4.78, 5) is 10.1. The molecule has 96 valence electrons. The molecule has 2 rings (SSSR count). The summed E-state index contributed by atoms with van der Waals surface area (Å²) in [7, 11) is 0. The van der Waals surface area contributed by atoms with Crippen molar-refractivity contribution < 1.29 is 4.92 Å². The zero-order chi connectivity index (χ0) is 13.7. The molecule has 0 aliphatic heterocycles. The van der Waals surface area contributed by atoms with Gasteiger partial charge in [-0.05, 0) is 29.3 Å². The maximum Gasteiger partial charge on any atom is 0.228 e. The number of hydrogen-bond donors (Lipinski definition) is 1. The van der Waals surface area contributed by atoms with Crippen LogP contribution in [0.1, 0.15) is 16.7 Å². The minimum atomic E-state index is -0.333. The van der Waals surface area contributed by atoms with Crippen LogP contribution >= 0.6 is 0 Å². The van der Waals surface area contributed by atoms with Crippen LogP contribution in [-0.4, -0.2) is 4.92 Å². The van der Waals surface area contributed by atoms with E-state index in [1.807, 2.05) is 54.6 Å². The summed E-state index contributed by atoms with van der Waals surface area (Å²) in [6.45, 7) is -0.153. The fraction of sp³-hybridized carbons (Fsp3) is 0.0667. The van der Waals surface area contributed by atoms with E-state index in [9.17, 15) is 10.1 Å². The van der Waals surface area contributed by atoms with Crippen molar-refractivity contribution in [2.24, 2.45) is 0 Å². The fourth-order valence-electron chi connectivity index (χ4n) is 1.80. The number of nitrogen functional groups attached to an aromatic ring is 1. The van der Waals surface area contributed by atoms with E-state index in [0.29, 0.717) is 11.3 Å². The lowest BCUT2D eigenvalue weighted by Gasteiger charge is -1.99. The molecule has 4 heteroatoms. The predicted octanol–water partition coefficient (Wildman–Crippen LogP) is 3.22. The minimum Gasteiger partial charge on any atom is -0.399 e. The molecular weight excluding hydrogens is 240 g/mol. The second-order valence-corrected chi connectivity index (χ2v) is 4.24. The van der Waals surface area contributed by atoms with Crippen LogP contribution in [0.2, 0.25) is 0 Å². The monoisotopic (exact) mass is 254 g/mol. The van der Waals surface area contributed by atoms with Crippen molar-refractivity contribution >= 4 is 17.8 Å². The van der Waals surface area contributed by atoms with Crippen molar-refractivity contribution in [3.63, 3.8) is 0 Å². The fourth-order valence-corrected chi connectivity index (χ4v) is 1.80. The Kier molecular flexibility index (Phi) is 3.93. The van der Waals surface area contributed by atoms with Gasteiger partial charge in [-0.3, -0.25) is 10.1 Å². The van der Waals surface area contributed by atoms with Crippen LogP contribution in [0.3, 0.4) is 0 Å². The molecule has 0 radical (unpaired) electrons. The quantitative estimate of drug-likeness (QED) is 0.394. The molecule has 0 atom stereocenters. The van der Waals surface area contributed by atoms with Crippen molar-refractivity contribution in [3.05, 3.63) is 75.3 Å². The lowest BCUT2D eigenvalue weighted by atomic mass is 10.1. The molecule has 0 saturated heterocycles. The maximum atomic E-state index is 10.5. The second-order valence-electron chi connectivity index (χ2n) is 4.24. The molecule has 0 unspecified atom stereocenters. The highest BCUT2D eigenvalue weighted by atomic mass is 16.6. The third-order valence-corrected chi connectivity index (χ3v) is 2.64. The zero-order valence-corrected chi connectivity index (χ0v) is 10.3. The summed E-state index contributed by atoms with van der Waals surface area (Å²) in [5.41, 5.74) is 9.04. The standard InChI is InChI=1S/C15H14N2O2/c16-15-6-2-4-13(10-15)8-7-12-3-1-5-14(9-12)11-17(18)19/h1-10H,11,16H2. The molecule has 0 aliphatic rings. The summed E-state index contributed by atoms with van der Waals surface area (Å²) >= 11 is 0. The Bertz CT molecular complexity index is 621. The Balaban J connectivity index is 2.16. The molecule has 2 aromatic rings. The first-order chi connectivity index (χ1) is 9.13. The van der Waals surface area contributed by atoms with Crippen LogP contribution in [-0.2, 0) is 6.54 Å². The third-order valence-electron chi connectivity index (χ3n) is 2.64. The lowest BCUT2D eigenvalue weighted by molar-refractivity contribution is -0.496. The number of anilines is 1. The normalized spacial score (nSPS) is 10.7. The van der Waals surface area contributed by atoms with Crippen molar-refractivity contribution in [1.82, 2.24) is 0 Å². The minimum absolute atomic E-state index is 0.153. The van der Waals surface area contributed by atoms with Gasteiger partial charge in [0.1, 0.15) is 0 Å². The highest BCUT2D eigenvalue weighted by Gasteiger charge is 2.00. The van der Waals surface area contributed by atoms with Gasteiger partial charge in [0, 0.05) is 16.2 Å². The van der Waals surface area contributed by atoms with Gasteiger partial charge in [0.05, 0.1) is 0 Å². The molecule has 0 saturated carbocycles. The summed E-state index contributed by atoms with van der Waals surface area (Å²) < 4.78 is 0. The molecule has 0 spiro atoms. The molecule has 19 heavy (non-hydrogen) atoms. The van der Waals surface area contributed by atoms with E-state index in [1.165, 1.54) is 0 Å². The van der Waals surface area contributed by atoms with E-state index in [4.69, 9.17) is 5.73 Å². The van der Waals surface area contributed by atoms with Gasteiger partial charge in [0.25, 0.3) is 0 Å². The van der Waals surface area contributed by atoms with Crippen LogP contribution in [0.25, 0.3) is 12.2 Å². The van der Waals surface area contributed by atoms with Gasteiger partial charge >= 0.3 is 0 Å². The molecule has 0 amide bonds. The number of nitrogens with two attached hydrogens (primary N) is 1. The average molecular weight is 254 g/mol. The summed E-state index contributed by atoms with van der Waals surface area (Å²) in [6, 6.07) is 14.8. The SMILES string of the molecule is Nc1cccc(C=Cc2cccc(C[N+](=O)[O-])c2)c1. The number of hydrogen-bond acceptors (Lipinski definition) is 3. The van der Waals surface area contributed by atoms with E-state index < -0.39 is 0 Å². The summed E-state index contributed by atoms with van der Waals surface area (Å²) in [5.74, 6) is 0. The molecule has 2 N–H and O–H groups in total. The van der Waals surface area contributed by atoms with E-state index in [1.54, 1.807) is 6.07 Å². The first-order valence-electron chi connectivity index (χ1n) is 5.88. The van der Waals surface area contributed by atoms with E-state index >= 15 is 0 Å². The Morgan fingerprint density at radius 3 is 2.32 bits per heavy atom. The highest BCUT2D eigenvalue weighted by molar-refractivity contribution is 5.71. The number of benzene rings is 2. The van der Waals surface area contributed by atoms with E-state index in [-0.39, 0.29) is 11.5 Å². The van der Waals surface area contributed by atoms with Crippen molar-refractivity contribution in [2.75, 3.05) is 5.73 Å². The van der Waals surface area contributed by atoms with Gasteiger partial charge in [0.15, 0.2) is 0 Å². The molecule has 2 aromatic carbocycles. The summed E-state index contributed by atoms with van der Waals surface area (Å²) in [6.07, 6.45) is 3.85. The number of rotatable bonds is 4. The van der Waals surface area contributed by atoms with Crippen LogP contribution < -0.4 is 5.73 Å². The van der Waals surface area contributed by atoms with Crippen molar-refractivity contribution in [2.45, 2.75) is 6.54 Å². The van der Waals surface area contributed by atoms with Gasteiger partial charge in [-0.2, -0.15) is 0 Å². The average Bonchev–Trinajstić information content (AvgIpc) is 2.36. The molecule has 0 fully saturated rings. The largest absolute Gasteiger partial charge is 0.399 e. The predicted molar refractivity (Wildman–Crippen MR) is 76.9 cm³/mol. The first-order valence-corrected chi connectivity index (χ1v) is 5.88. The second kappa shape index (κ2) is 5.82. The first kappa shape index (κ1) is 12.8. The van der Waals surface area contributed by atoms with Gasteiger partial charge in [-0.15, -0.1) is 0 Å². The topological polar surface area (TPSA) is 69.2 Å². The molecule has 0 aliphatic carbocycles. The Labute approximate surface area is 111 Å². The molecule has 0 heterocycles. The lowest BCUT2D eigenvalue weighted by Crippen LogP contribution is -1.97. The molecule has 0 bridgehead atoms. The van der Waals surface area contributed by atoms with Crippen LogP contribution in [0.5, 0.6) is 0 Å². The van der Waals surface area contributed by atoms with Crippen molar-refractivity contribution in [3.8, 4) is 0 Å². The Hall–Kier alpha value is -2.62. The van der Waals surface area contributed by atoms with Crippen molar-refractivity contribution in [1.29, 1.82) is 0 Å². The number of nitro groups is 1. The third kappa shape index (κ3) is 3.96. The Morgan fingerprint density at radius 1 is 1.05 bits per heavy atom. The van der Waals surface area contributed by atoms with Gasteiger partial charge in [0.2, 0.25) is 6.54 Å². The molecular formula is C15H14N2O2. The summed E-state index contributed by atoms with van der Waals surface area (Å²) in [5, 5.41) is 10.5.